The summed E-state index contributed by atoms with van der Waals surface area (Å²) in [5.74, 6) is 0.0266. The highest BCUT2D eigenvalue weighted by Crippen LogP contribution is 2.12. The molecule has 1 aliphatic heterocycles. The fourth-order valence-electron chi connectivity index (χ4n) is 2.88. The van der Waals surface area contributed by atoms with E-state index in [-0.39, 0.29) is 18.0 Å². The Morgan fingerprint density at radius 2 is 1.71 bits per heavy atom. The molecule has 1 saturated heterocycles. The molecule has 34 heavy (non-hydrogen) atoms. The first-order valence-corrected chi connectivity index (χ1v) is 11.4. The fourth-order valence-corrected chi connectivity index (χ4v) is 3.26. The van der Waals surface area contributed by atoms with Crippen molar-refractivity contribution in [1.82, 2.24) is 10.2 Å². The number of aliphatic imine (C=N–C) groups is 1. The predicted molar refractivity (Wildman–Crippen MR) is 145 cm³/mol. The predicted octanol–water partition coefficient (Wildman–Crippen LogP) is 3.86. The minimum Gasteiger partial charge on any atom is -0.350 e. The van der Waals surface area contributed by atoms with Crippen LogP contribution < -0.4 is 11.1 Å². The van der Waals surface area contributed by atoms with Crippen LogP contribution in [0.4, 0.5) is 0 Å². The van der Waals surface area contributed by atoms with Crippen LogP contribution in [-0.4, -0.2) is 46.3 Å². The lowest BCUT2D eigenvalue weighted by Crippen LogP contribution is -2.32. The molecule has 1 amide bonds. The molecule has 0 spiro atoms. The van der Waals surface area contributed by atoms with Crippen LogP contribution >= 0.6 is 24.4 Å². The van der Waals surface area contributed by atoms with Gasteiger partial charge in [0.1, 0.15) is 6.04 Å². The van der Waals surface area contributed by atoms with Crippen molar-refractivity contribution in [1.29, 1.82) is 5.26 Å². The SMILES string of the molecule is C=CCN1C(=O)C(Cc2ccccc2)NC1=S.C=CCN=C=S.N#CC(N)Cc1ccccc1. The van der Waals surface area contributed by atoms with Crippen LogP contribution in [0, 0.1) is 11.3 Å². The second kappa shape index (κ2) is 17.1. The summed E-state index contributed by atoms with van der Waals surface area (Å²) in [6.07, 6.45) is 4.64. The van der Waals surface area contributed by atoms with E-state index in [0.29, 0.717) is 31.0 Å². The van der Waals surface area contributed by atoms with Crippen LogP contribution in [-0.2, 0) is 17.6 Å². The first kappa shape index (κ1) is 28.6. The quantitative estimate of drug-likeness (QED) is 0.331. The summed E-state index contributed by atoms with van der Waals surface area (Å²) in [5.41, 5.74) is 7.68. The van der Waals surface area contributed by atoms with E-state index in [4.69, 9.17) is 23.2 Å². The van der Waals surface area contributed by atoms with Gasteiger partial charge in [-0.05, 0) is 35.6 Å². The highest BCUT2D eigenvalue weighted by Gasteiger charge is 2.34. The zero-order chi connectivity index (χ0) is 25.2. The van der Waals surface area contributed by atoms with Crippen molar-refractivity contribution < 1.29 is 4.79 Å². The number of rotatable bonds is 8. The number of amides is 1. The number of carbonyl (C=O) groups excluding carboxylic acids is 1. The van der Waals surface area contributed by atoms with Crippen LogP contribution in [0.3, 0.4) is 0 Å². The number of nitrogens with zero attached hydrogens (tertiary/aromatic N) is 3. The third kappa shape index (κ3) is 10.9. The second-order valence-electron chi connectivity index (χ2n) is 7.08. The van der Waals surface area contributed by atoms with Gasteiger partial charge in [-0.2, -0.15) is 5.26 Å². The topological polar surface area (TPSA) is 94.5 Å². The summed E-state index contributed by atoms with van der Waals surface area (Å²) in [6, 6.07) is 21.1. The molecule has 0 radical (unpaired) electrons. The van der Waals surface area contributed by atoms with E-state index >= 15 is 0 Å². The van der Waals surface area contributed by atoms with E-state index in [1.807, 2.05) is 66.7 Å². The van der Waals surface area contributed by atoms with Gasteiger partial charge in [0.05, 0.1) is 23.8 Å². The molecule has 0 aliphatic carbocycles. The molecule has 2 aromatic rings. The van der Waals surface area contributed by atoms with Gasteiger partial charge in [-0.25, -0.2) is 4.99 Å². The van der Waals surface area contributed by atoms with Crippen molar-refractivity contribution in [2.75, 3.05) is 13.1 Å². The number of isothiocyanates is 1. The molecule has 0 bridgehead atoms. The number of nitrogens with two attached hydrogens (primary N) is 1. The summed E-state index contributed by atoms with van der Waals surface area (Å²) in [4.78, 5) is 17.1. The molecular weight excluding hydrogens is 462 g/mol. The van der Waals surface area contributed by atoms with Crippen LogP contribution in [0.25, 0.3) is 0 Å². The van der Waals surface area contributed by atoms with E-state index in [1.165, 1.54) is 0 Å². The maximum absolute atomic E-state index is 12.0. The number of nitrogens with one attached hydrogen (secondary N) is 1. The molecule has 2 aromatic carbocycles. The number of nitriles is 1. The molecule has 6 nitrogen and oxygen atoms in total. The van der Waals surface area contributed by atoms with E-state index in [0.717, 1.165) is 11.1 Å². The Bertz CT molecular complexity index is 1010. The first-order chi connectivity index (χ1) is 16.5. The number of carbonyl (C=O) groups is 1. The standard InChI is InChI=1S/C13H14N2OS.C9H10N2.C4H5NS/c1-2-8-15-12(16)11(14-13(15)17)9-10-6-4-3-5-7-10;10-7-9(11)6-8-4-2-1-3-5-8;1-2-3-5-4-6/h2-7,11H,1,8-9H2,(H,14,17);1-5,9H,6,11H2;2H,1,3H2. The first-order valence-electron chi connectivity index (χ1n) is 10.6. The van der Waals surface area contributed by atoms with E-state index in [2.05, 4.69) is 40.8 Å². The molecule has 1 aliphatic rings. The highest BCUT2D eigenvalue weighted by molar-refractivity contribution is 7.80. The van der Waals surface area contributed by atoms with Crippen molar-refractivity contribution in [3.63, 3.8) is 0 Å². The molecule has 1 fully saturated rings. The number of hydrogen-bond donors (Lipinski definition) is 2. The molecule has 176 valence electrons. The van der Waals surface area contributed by atoms with Gasteiger partial charge in [0.15, 0.2) is 5.11 Å². The summed E-state index contributed by atoms with van der Waals surface area (Å²) in [6.45, 7) is 8.09. The largest absolute Gasteiger partial charge is 0.350 e. The van der Waals surface area contributed by atoms with Crippen LogP contribution in [0.2, 0.25) is 0 Å². The third-order valence-corrected chi connectivity index (χ3v) is 4.92. The number of thiocarbonyl (C=S) groups is 2. The van der Waals surface area contributed by atoms with E-state index < -0.39 is 0 Å². The van der Waals surface area contributed by atoms with Gasteiger partial charge >= 0.3 is 0 Å². The van der Waals surface area contributed by atoms with Gasteiger partial charge in [0.2, 0.25) is 0 Å². The van der Waals surface area contributed by atoms with Gasteiger partial charge in [-0.1, -0.05) is 72.8 Å². The highest BCUT2D eigenvalue weighted by atomic mass is 32.1. The Kier molecular flexibility index (Phi) is 14.3. The van der Waals surface area contributed by atoms with E-state index in [9.17, 15) is 4.79 Å². The minimum absolute atomic E-state index is 0.0266. The fraction of sp³-hybridized carbons (Fsp3) is 0.231. The summed E-state index contributed by atoms with van der Waals surface area (Å²) >= 11 is 9.38. The van der Waals surface area contributed by atoms with Crippen molar-refractivity contribution in [2.45, 2.75) is 24.9 Å². The molecule has 0 aromatic heterocycles. The zero-order valence-corrected chi connectivity index (χ0v) is 20.6. The van der Waals surface area contributed by atoms with E-state index in [1.54, 1.807) is 17.1 Å². The smallest absolute Gasteiger partial charge is 0.251 e. The van der Waals surface area contributed by atoms with Gasteiger partial charge < -0.3 is 11.1 Å². The Hall–Kier alpha value is -3.47. The van der Waals surface area contributed by atoms with Crippen molar-refractivity contribution in [2.24, 2.45) is 10.7 Å². The van der Waals surface area contributed by atoms with Crippen LogP contribution in [0.5, 0.6) is 0 Å². The Morgan fingerprint density at radius 1 is 1.12 bits per heavy atom. The Labute approximate surface area is 212 Å². The Balaban J connectivity index is 0.000000292. The molecule has 3 N–H and O–H groups in total. The summed E-state index contributed by atoms with van der Waals surface area (Å²) in [7, 11) is 0. The van der Waals surface area contributed by atoms with Gasteiger partial charge in [-0.3, -0.25) is 9.69 Å². The van der Waals surface area contributed by atoms with Crippen molar-refractivity contribution in [3.8, 4) is 6.07 Å². The number of benzene rings is 2. The monoisotopic (exact) mass is 491 g/mol. The van der Waals surface area contributed by atoms with Gasteiger partial charge in [0, 0.05) is 19.4 Å². The molecule has 2 unspecified atom stereocenters. The van der Waals surface area contributed by atoms with Crippen molar-refractivity contribution in [3.05, 3.63) is 97.1 Å². The average Bonchev–Trinajstić information content (AvgIpc) is 3.12. The molecule has 1 heterocycles. The maximum atomic E-state index is 12.0. The maximum Gasteiger partial charge on any atom is 0.251 e. The summed E-state index contributed by atoms with van der Waals surface area (Å²) in [5, 5.41) is 14.2. The van der Waals surface area contributed by atoms with Gasteiger partial charge in [0.25, 0.3) is 5.91 Å². The Morgan fingerprint density at radius 3 is 2.18 bits per heavy atom. The molecule has 0 saturated carbocycles. The lowest BCUT2D eigenvalue weighted by molar-refractivity contribution is -0.126. The van der Waals surface area contributed by atoms with Crippen LogP contribution in [0.15, 0.2) is 91.0 Å². The zero-order valence-electron chi connectivity index (χ0n) is 19.0. The minimum atomic E-state index is -0.377. The molecule has 8 heteroatoms. The van der Waals surface area contributed by atoms with Crippen molar-refractivity contribution >= 4 is 40.6 Å². The second-order valence-corrected chi connectivity index (χ2v) is 7.64. The average molecular weight is 492 g/mol. The molecule has 3 rings (SSSR count). The summed E-state index contributed by atoms with van der Waals surface area (Å²) < 4.78 is 0. The molecule has 2 atom stereocenters. The third-order valence-electron chi connectivity index (χ3n) is 4.45. The normalized spacial score (nSPS) is 14.6. The number of hydrogen-bond acceptors (Lipinski definition) is 6. The van der Waals surface area contributed by atoms with Crippen LogP contribution in [0.1, 0.15) is 11.1 Å². The lowest BCUT2D eigenvalue weighted by atomic mass is 10.1. The van der Waals surface area contributed by atoms with Gasteiger partial charge in [-0.15, -0.1) is 13.2 Å². The molecular formula is C26H29N5OS2. The lowest BCUT2D eigenvalue weighted by Gasteiger charge is -2.11.